The molecule has 0 amide bonds. The third-order valence-corrected chi connectivity index (χ3v) is 3.68. The number of carbonyl (C=O) groups is 1. The highest BCUT2D eigenvalue weighted by molar-refractivity contribution is 5.72. The van der Waals surface area contributed by atoms with Crippen molar-refractivity contribution in [2.75, 3.05) is 26.4 Å². The zero-order chi connectivity index (χ0) is 11.9. The van der Waals surface area contributed by atoms with E-state index in [-0.39, 0.29) is 11.9 Å². The first-order chi connectivity index (χ1) is 8.36. The summed E-state index contributed by atoms with van der Waals surface area (Å²) in [6.07, 6.45) is 6.38. The Kier molecular flexibility index (Phi) is 5.26. The van der Waals surface area contributed by atoms with Crippen molar-refractivity contribution in [1.29, 1.82) is 0 Å². The first-order valence-electron chi connectivity index (χ1n) is 6.84. The van der Waals surface area contributed by atoms with Gasteiger partial charge in [0.05, 0.1) is 12.5 Å². The van der Waals surface area contributed by atoms with Crippen LogP contribution >= 0.6 is 0 Å². The molecule has 4 nitrogen and oxygen atoms in total. The first-order valence-corrected chi connectivity index (χ1v) is 6.84. The minimum Gasteiger partial charge on any atom is -0.465 e. The van der Waals surface area contributed by atoms with E-state index in [9.17, 15) is 4.79 Å². The Morgan fingerprint density at radius 3 is 2.76 bits per heavy atom. The fourth-order valence-electron chi connectivity index (χ4n) is 2.52. The Balaban J connectivity index is 1.58. The Bertz CT molecular complexity index is 233. The summed E-state index contributed by atoms with van der Waals surface area (Å²) in [5.41, 5.74) is 0. The largest absolute Gasteiger partial charge is 0.465 e. The fraction of sp³-hybridized carbons (Fsp3) is 0.923. The van der Waals surface area contributed by atoms with E-state index in [2.05, 4.69) is 5.32 Å². The highest BCUT2D eigenvalue weighted by Gasteiger charge is 2.23. The molecule has 2 rings (SSSR count). The zero-order valence-electron chi connectivity index (χ0n) is 10.5. The summed E-state index contributed by atoms with van der Waals surface area (Å²) in [7, 11) is 0. The summed E-state index contributed by atoms with van der Waals surface area (Å²) in [5, 5.41) is 3.46. The summed E-state index contributed by atoms with van der Waals surface area (Å²) >= 11 is 0. The van der Waals surface area contributed by atoms with E-state index >= 15 is 0 Å². The van der Waals surface area contributed by atoms with Gasteiger partial charge in [0.2, 0.25) is 0 Å². The molecule has 0 aliphatic carbocycles. The molecule has 0 aromatic rings. The van der Waals surface area contributed by atoms with Gasteiger partial charge >= 0.3 is 5.97 Å². The van der Waals surface area contributed by atoms with Gasteiger partial charge in [-0.05, 0) is 38.6 Å². The second-order valence-electron chi connectivity index (χ2n) is 4.99. The van der Waals surface area contributed by atoms with Crippen LogP contribution in [0.3, 0.4) is 0 Å². The van der Waals surface area contributed by atoms with Crippen molar-refractivity contribution in [3.63, 3.8) is 0 Å². The van der Waals surface area contributed by atoms with Crippen molar-refractivity contribution in [2.45, 2.75) is 44.6 Å². The molecule has 0 aromatic heterocycles. The third kappa shape index (κ3) is 4.28. The summed E-state index contributed by atoms with van der Waals surface area (Å²) in [5.74, 6) is 0.0483. The number of ether oxygens (including phenoxy) is 2. The highest BCUT2D eigenvalue weighted by atomic mass is 16.5. The number of carbonyl (C=O) groups excluding carboxylic acids is 1. The van der Waals surface area contributed by atoms with Crippen molar-refractivity contribution in [3.8, 4) is 0 Å². The molecule has 4 heteroatoms. The number of rotatable bonds is 4. The molecule has 17 heavy (non-hydrogen) atoms. The van der Waals surface area contributed by atoms with Gasteiger partial charge in [0.1, 0.15) is 0 Å². The van der Waals surface area contributed by atoms with Gasteiger partial charge < -0.3 is 14.8 Å². The fourth-order valence-corrected chi connectivity index (χ4v) is 2.52. The van der Waals surface area contributed by atoms with Gasteiger partial charge in [0.15, 0.2) is 0 Å². The van der Waals surface area contributed by atoms with E-state index in [4.69, 9.17) is 9.47 Å². The van der Waals surface area contributed by atoms with Crippen LogP contribution < -0.4 is 5.32 Å². The van der Waals surface area contributed by atoms with Crippen molar-refractivity contribution in [2.24, 2.45) is 5.92 Å². The van der Waals surface area contributed by atoms with Crippen LogP contribution in [-0.4, -0.2) is 38.4 Å². The van der Waals surface area contributed by atoms with E-state index in [0.717, 1.165) is 25.8 Å². The van der Waals surface area contributed by atoms with Crippen LogP contribution in [0.4, 0.5) is 0 Å². The standard InChI is InChI=1S/C13H23NO3/c15-13(11-4-8-16-9-5-11)17-10-6-12-3-1-2-7-14-12/h11-12,14H,1-10H2. The quantitative estimate of drug-likeness (QED) is 0.758. The van der Waals surface area contributed by atoms with Crippen molar-refractivity contribution < 1.29 is 14.3 Å². The maximum absolute atomic E-state index is 11.7. The van der Waals surface area contributed by atoms with Gasteiger partial charge in [-0.2, -0.15) is 0 Å². The van der Waals surface area contributed by atoms with Crippen LogP contribution in [0.1, 0.15) is 38.5 Å². The summed E-state index contributed by atoms with van der Waals surface area (Å²) in [6.45, 7) is 3.07. The molecule has 0 aromatic carbocycles. The van der Waals surface area contributed by atoms with Gasteiger partial charge in [-0.1, -0.05) is 6.42 Å². The lowest BCUT2D eigenvalue weighted by atomic mass is 10.0. The molecular weight excluding hydrogens is 218 g/mol. The van der Waals surface area contributed by atoms with Crippen LogP contribution in [0, 0.1) is 5.92 Å². The van der Waals surface area contributed by atoms with Crippen LogP contribution in [0.15, 0.2) is 0 Å². The molecule has 0 saturated carbocycles. The summed E-state index contributed by atoms with van der Waals surface area (Å²) in [6, 6.07) is 0.547. The Labute approximate surface area is 103 Å². The number of nitrogens with one attached hydrogen (secondary N) is 1. The molecule has 1 unspecified atom stereocenters. The molecule has 0 spiro atoms. The van der Waals surface area contributed by atoms with Gasteiger partial charge in [0, 0.05) is 19.3 Å². The molecule has 2 heterocycles. The third-order valence-electron chi connectivity index (χ3n) is 3.68. The van der Waals surface area contributed by atoms with Gasteiger partial charge in [-0.3, -0.25) is 4.79 Å². The number of hydrogen-bond donors (Lipinski definition) is 1. The maximum atomic E-state index is 11.7. The molecule has 0 bridgehead atoms. The lowest BCUT2D eigenvalue weighted by Gasteiger charge is -2.24. The van der Waals surface area contributed by atoms with Crippen LogP contribution in [0.2, 0.25) is 0 Å². The molecule has 2 fully saturated rings. The Morgan fingerprint density at radius 2 is 2.06 bits per heavy atom. The minimum atomic E-state index is -0.0240. The average Bonchev–Trinajstić information content (AvgIpc) is 2.41. The zero-order valence-corrected chi connectivity index (χ0v) is 10.5. The van der Waals surface area contributed by atoms with Gasteiger partial charge in [-0.15, -0.1) is 0 Å². The van der Waals surface area contributed by atoms with Gasteiger partial charge in [0.25, 0.3) is 0 Å². The number of piperidine rings is 1. The molecule has 2 aliphatic heterocycles. The predicted molar refractivity (Wildman–Crippen MR) is 64.8 cm³/mol. The topological polar surface area (TPSA) is 47.6 Å². The number of hydrogen-bond acceptors (Lipinski definition) is 4. The molecular formula is C13H23NO3. The normalized spacial score (nSPS) is 26.7. The molecule has 1 atom stereocenters. The van der Waals surface area contributed by atoms with Crippen molar-refractivity contribution >= 4 is 5.97 Å². The summed E-state index contributed by atoms with van der Waals surface area (Å²) in [4.78, 5) is 11.7. The minimum absolute atomic E-state index is 0.0240. The summed E-state index contributed by atoms with van der Waals surface area (Å²) < 4.78 is 10.6. The smallest absolute Gasteiger partial charge is 0.309 e. The van der Waals surface area contributed by atoms with Crippen LogP contribution in [0.25, 0.3) is 0 Å². The lowest BCUT2D eigenvalue weighted by Crippen LogP contribution is -2.35. The molecule has 1 N–H and O–H groups in total. The van der Waals surface area contributed by atoms with Crippen molar-refractivity contribution in [3.05, 3.63) is 0 Å². The Hall–Kier alpha value is -0.610. The predicted octanol–water partition coefficient (Wildman–Crippen LogP) is 1.49. The second kappa shape index (κ2) is 6.97. The van der Waals surface area contributed by atoms with E-state index in [1.54, 1.807) is 0 Å². The van der Waals surface area contributed by atoms with Crippen LogP contribution in [0.5, 0.6) is 0 Å². The SMILES string of the molecule is O=C(OCCC1CCCCN1)C1CCOCC1. The van der Waals surface area contributed by atoms with E-state index in [1.807, 2.05) is 0 Å². The molecule has 2 aliphatic rings. The molecule has 0 radical (unpaired) electrons. The van der Waals surface area contributed by atoms with Crippen LogP contribution in [-0.2, 0) is 14.3 Å². The highest BCUT2D eigenvalue weighted by Crippen LogP contribution is 2.17. The average molecular weight is 241 g/mol. The van der Waals surface area contributed by atoms with E-state index in [1.165, 1.54) is 19.3 Å². The second-order valence-corrected chi connectivity index (χ2v) is 4.99. The van der Waals surface area contributed by atoms with E-state index < -0.39 is 0 Å². The lowest BCUT2D eigenvalue weighted by molar-refractivity contribution is -0.151. The number of esters is 1. The van der Waals surface area contributed by atoms with E-state index in [0.29, 0.717) is 25.9 Å². The molecule has 98 valence electrons. The Morgan fingerprint density at radius 1 is 1.24 bits per heavy atom. The first kappa shape index (κ1) is 12.8. The van der Waals surface area contributed by atoms with Crippen molar-refractivity contribution in [1.82, 2.24) is 5.32 Å². The van der Waals surface area contributed by atoms with Gasteiger partial charge in [-0.25, -0.2) is 0 Å². The maximum Gasteiger partial charge on any atom is 0.309 e. The molecule has 2 saturated heterocycles. The monoisotopic (exact) mass is 241 g/mol.